The number of rotatable bonds is 6. The molecule has 0 radical (unpaired) electrons. The maximum absolute atomic E-state index is 12.7. The molecule has 1 aliphatic carbocycles. The molecular weight excluding hydrogens is 455 g/mol. The minimum atomic E-state index is -4.50. The fraction of sp³-hybridized carbons (Fsp3) is 0.192. The smallest absolute Gasteiger partial charge is 0.422 e. The number of fused-ring (bicyclic) bond motifs is 1. The molecule has 2 N–H and O–H groups in total. The molecule has 1 aromatic carbocycles. The Kier molecular flexibility index (Phi) is 6.59. The van der Waals surface area contributed by atoms with Gasteiger partial charge in [-0.15, -0.1) is 0 Å². The number of aryl methyl sites for hydroxylation is 1. The van der Waals surface area contributed by atoms with Crippen LogP contribution in [0.25, 0.3) is 11.8 Å². The average Bonchev–Trinajstić information content (AvgIpc) is 2.83. The van der Waals surface area contributed by atoms with Crippen LogP contribution < -0.4 is 20.6 Å². The zero-order valence-electron chi connectivity index (χ0n) is 19.3. The van der Waals surface area contributed by atoms with Gasteiger partial charge in [-0.25, -0.2) is 4.98 Å². The van der Waals surface area contributed by atoms with Crippen LogP contribution in [0.1, 0.15) is 18.1 Å². The lowest BCUT2D eigenvalue weighted by atomic mass is 9.96. The van der Waals surface area contributed by atoms with E-state index in [0.717, 1.165) is 23.2 Å². The second-order valence-corrected chi connectivity index (χ2v) is 7.94. The number of alkyl halides is 3. The topological polar surface area (TPSA) is 74.1 Å². The molecule has 2 heterocycles. The number of nitrogens with one attached hydrogen (secondary N) is 2. The van der Waals surface area contributed by atoms with Gasteiger partial charge in [0.25, 0.3) is 0 Å². The number of hydrogen-bond acceptors (Lipinski definition) is 6. The van der Waals surface area contributed by atoms with E-state index in [1.165, 1.54) is 6.20 Å². The Hall–Kier alpha value is -4.14. The van der Waals surface area contributed by atoms with Crippen LogP contribution in [0, 0.1) is 5.41 Å². The Bertz CT molecular complexity index is 1390. The van der Waals surface area contributed by atoms with Crippen molar-refractivity contribution < 1.29 is 17.9 Å². The van der Waals surface area contributed by atoms with Gasteiger partial charge in [0.15, 0.2) is 6.61 Å². The Morgan fingerprint density at radius 2 is 1.94 bits per heavy atom. The van der Waals surface area contributed by atoms with Crippen LogP contribution in [0.5, 0.6) is 6.01 Å². The monoisotopic (exact) mass is 479 g/mol. The van der Waals surface area contributed by atoms with Crippen molar-refractivity contribution in [2.24, 2.45) is 0 Å². The summed E-state index contributed by atoms with van der Waals surface area (Å²) in [6.07, 6.45) is 6.66. The van der Waals surface area contributed by atoms with E-state index in [2.05, 4.69) is 28.8 Å². The van der Waals surface area contributed by atoms with E-state index in [1.54, 1.807) is 25.5 Å². The number of allylic oxidation sites excluding steroid dienone is 5. The summed E-state index contributed by atoms with van der Waals surface area (Å²) < 4.78 is 42.8. The van der Waals surface area contributed by atoms with Gasteiger partial charge in [-0.3, -0.25) is 0 Å². The van der Waals surface area contributed by atoms with Crippen molar-refractivity contribution >= 4 is 17.5 Å². The van der Waals surface area contributed by atoms with Gasteiger partial charge in [0.1, 0.15) is 0 Å². The van der Waals surface area contributed by atoms with Gasteiger partial charge >= 0.3 is 12.2 Å². The van der Waals surface area contributed by atoms with Gasteiger partial charge in [0.2, 0.25) is 0 Å². The van der Waals surface area contributed by atoms with E-state index in [4.69, 9.17) is 10.1 Å². The summed E-state index contributed by atoms with van der Waals surface area (Å²) in [5.41, 5.74) is 5.01. The molecule has 1 aromatic heterocycles. The molecule has 0 fully saturated rings. The van der Waals surface area contributed by atoms with Gasteiger partial charge in [-0.2, -0.15) is 18.2 Å². The maximum atomic E-state index is 12.7. The summed E-state index contributed by atoms with van der Waals surface area (Å²) in [4.78, 5) is 10.2. The molecule has 0 saturated heterocycles. The number of hydrogen-bond donors (Lipinski definition) is 2. The summed E-state index contributed by atoms with van der Waals surface area (Å²) in [5.74, 6) is 0. The molecule has 2 aliphatic rings. The first-order valence-electron chi connectivity index (χ1n) is 10.9. The Balaban J connectivity index is 1.87. The predicted molar refractivity (Wildman–Crippen MR) is 129 cm³/mol. The van der Waals surface area contributed by atoms with Crippen molar-refractivity contribution in [3.63, 3.8) is 0 Å². The fourth-order valence-electron chi connectivity index (χ4n) is 3.78. The fourth-order valence-corrected chi connectivity index (χ4v) is 3.78. The summed E-state index contributed by atoms with van der Waals surface area (Å²) in [6.45, 7) is 4.87. The molecule has 2 aromatic rings. The van der Waals surface area contributed by atoms with Crippen molar-refractivity contribution in [1.29, 1.82) is 5.41 Å². The highest BCUT2D eigenvalue weighted by atomic mass is 19.4. The molecule has 180 valence electrons. The zero-order valence-corrected chi connectivity index (χ0v) is 19.3. The lowest BCUT2D eigenvalue weighted by Crippen LogP contribution is -2.40. The van der Waals surface area contributed by atoms with E-state index >= 15 is 0 Å². The SMILES string of the molecule is C=C1C(c2ccc(CC)cc2)=c2nc(OCC(F)(F)F)ncc2=CN1C1=C/C(=C/NC)C(=N)C=C1. The van der Waals surface area contributed by atoms with Crippen molar-refractivity contribution in [3.8, 4) is 6.01 Å². The number of benzene rings is 1. The van der Waals surface area contributed by atoms with Gasteiger partial charge in [-0.1, -0.05) is 37.8 Å². The maximum Gasteiger partial charge on any atom is 0.422 e. The Labute approximate surface area is 200 Å². The molecule has 0 saturated carbocycles. The number of ether oxygens (including phenoxy) is 1. The van der Waals surface area contributed by atoms with E-state index < -0.39 is 12.8 Å². The predicted octanol–water partition coefficient (Wildman–Crippen LogP) is 3.32. The molecule has 4 rings (SSSR count). The summed E-state index contributed by atoms with van der Waals surface area (Å²) in [6, 6.07) is 7.52. The zero-order chi connectivity index (χ0) is 25.2. The summed E-state index contributed by atoms with van der Waals surface area (Å²) in [5, 5.41) is 12.1. The quantitative estimate of drug-likeness (QED) is 0.665. The molecule has 1 aliphatic heterocycles. The van der Waals surface area contributed by atoms with Gasteiger partial charge in [0.05, 0.1) is 11.1 Å². The average molecular weight is 480 g/mol. The van der Waals surface area contributed by atoms with Crippen LogP contribution in [-0.2, 0) is 6.42 Å². The molecule has 6 nitrogen and oxygen atoms in total. The lowest BCUT2D eigenvalue weighted by Gasteiger charge is -2.30. The van der Waals surface area contributed by atoms with Gasteiger partial charge in [0, 0.05) is 53.4 Å². The van der Waals surface area contributed by atoms with Crippen LogP contribution >= 0.6 is 0 Å². The minimum absolute atomic E-state index is 0.358. The lowest BCUT2D eigenvalue weighted by molar-refractivity contribution is -0.154. The number of aromatic nitrogens is 2. The van der Waals surface area contributed by atoms with Crippen LogP contribution in [0.4, 0.5) is 13.2 Å². The van der Waals surface area contributed by atoms with E-state index in [9.17, 15) is 13.2 Å². The Morgan fingerprint density at radius 3 is 2.60 bits per heavy atom. The number of halogens is 3. The standard InChI is InChI=1S/C26H24F3N5O/c1-4-17-5-7-18(8-6-17)23-16(2)34(21-9-10-22(30)19(11-21)12-31-3)14-20-13-32-25(33-24(20)23)35-15-26(27,28)29/h5-14,30-31H,2,4,15H2,1,3H3/b19-12-,30-22?. The third-order valence-electron chi connectivity index (χ3n) is 5.51. The molecule has 0 unspecified atom stereocenters. The highest BCUT2D eigenvalue weighted by molar-refractivity contribution is 6.09. The molecular formula is C26H24F3N5O. The Morgan fingerprint density at radius 1 is 1.20 bits per heavy atom. The molecule has 0 amide bonds. The van der Waals surface area contributed by atoms with Crippen molar-refractivity contribution in [3.05, 3.63) is 100 Å². The number of nitrogens with zero attached hydrogens (tertiary/aromatic N) is 3. The third-order valence-corrected chi connectivity index (χ3v) is 5.51. The molecule has 35 heavy (non-hydrogen) atoms. The first kappa shape index (κ1) is 24.0. The second-order valence-electron chi connectivity index (χ2n) is 7.94. The van der Waals surface area contributed by atoms with E-state index in [1.807, 2.05) is 41.3 Å². The normalized spacial score (nSPS) is 16.7. The van der Waals surface area contributed by atoms with E-state index in [0.29, 0.717) is 33.1 Å². The molecule has 0 atom stereocenters. The molecule has 0 spiro atoms. The first-order chi connectivity index (χ1) is 16.7. The van der Waals surface area contributed by atoms with Crippen molar-refractivity contribution in [2.75, 3.05) is 13.7 Å². The summed E-state index contributed by atoms with van der Waals surface area (Å²) in [7, 11) is 1.76. The van der Waals surface area contributed by atoms with Gasteiger partial charge in [-0.05, 0) is 35.8 Å². The second kappa shape index (κ2) is 9.61. The van der Waals surface area contributed by atoms with Gasteiger partial charge < -0.3 is 20.4 Å². The largest absolute Gasteiger partial charge is 0.454 e. The third kappa shape index (κ3) is 5.18. The van der Waals surface area contributed by atoms with Crippen LogP contribution in [0.2, 0.25) is 0 Å². The summed E-state index contributed by atoms with van der Waals surface area (Å²) >= 11 is 0. The first-order valence-corrected chi connectivity index (χ1v) is 10.9. The van der Waals surface area contributed by atoms with Crippen LogP contribution in [0.15, 0.2) is 78.4 Å². The van der Waals surface area contributed by atoms with E-state index in [-0.39, 0.29) is 6.01 Å². The highest BCUT2D eigenvalue weighted by Gasteiger charge is 2.29. The van der Waals surface area contributed by atoms with Crippen LogP contribution in [-0.4, -0.2) is 40.4 Å². The van der Waals surface area contributed by atoms with Crippen LogP contribution in [0.3, 0.4) is 0 Å². The van der Waals surface area contributed by atoms with Crippen molar-refractivity contribution in [1.82, 2.24) is 20.2 Å². The molecule has 9 heteroatoms. The molecule has 0 bridgehead atoms. The van der Waals surface area contributed by atoms with Crippen molar-refractivity contribution in [2.45, 2.75) is 19.5 Å². The minimum Gasteiger partial charge on any atom is -0.454 e. The highest BCUT2D eigenvalue weighted by Crippen LogP contribution is 2.30.